The second-order valence-corrected chi connectivity index (χ2v) is 5.92. The van der Waals surface area contributed by atoms with Crippen LogP contribution in [0.2, 0.25) is 0 Å². The summed E-state index contributed by atoms with van der Waals surface area (Å²) in [6.45, 7) is 6.05. The van der Waals surface area contributed by atoms with Crippen LogP contribution in [-0.2, 0) is 0 Å². The molecule has 1 N–H and O–H groups in total. The molecule has 0 spiro atoms. The first-order chi connectivity index (χ1) is 9.94. The smallest absolute Gasteiger partial charge is 0.219 e. The first kappa shape index (κ1) is 15.4. The number of para-hydroxylation sites is 2. The van der Waals surface area contributed by atoms with Crippen LogP contribution in [0.5, 0.6) is 11.6 Å². The summed E-state index contributed by atoms with van der Waals surface area (Å²) in [5, 5.41) is 3.69. The fourth-order valence-corrected chi connectivity index (χ4v) is 2.07. The van der Waals surface area contributed by atoms with Gasteiger partial charge in [-0.15, -0.1) is 12.6 Å². The van der Waals surface area contributed by atoms with E-state index >= 15 is 0 Å². The number of amidine groups is 1. The van der Waals surface area contributed by atoms with Gasteiger partial charge in [0.25, 0.3) is 0 Å². The summed E-state index contributed by atoms with van der Waals surface area (Å²) in [4.78, 5) is 8.61. The number of hydrogen-bond acceptors (Lipinski definition) is 3. The summed E-state index contributed by atoms with van der Waals surface area (Å²) in [7, 11) is 0. The Morgan fingerprint density at radius 2 is 1.86 bits per heavy atom. The molecule has 0 aliphatic rings. The highest BCUT2D eigenvalue weighted by Crippen LogP contribution is 2.28. The van der Waals surface area contributed by atoms with E-state index in [9.17, 15) is 0 Å². The molecule has 1 aromatic carbocycles. The fourth-order valence-electron chi connectivity index (χ4n) is 1.65. The average molecular weight is 301 g/mol. The number of hydrogen-bond donors (Lipinski definition) is 2. The zero-order valence-corrected chi connectivity index (χ0v) is 13.3. The molecule has 0 radical (unpaired) electrons. The Balaban J connectivity index is 2.20. The molecule has 21 heavy (non-hydrogen) atoms. The van der Waals surface area contributed by atoms with Crippen molar-refractivity contribution in [3.8, 4) is 11.6 Å². The van der Waals surface area contributed by atoms with Crippen LogP contribution in [0.15, 0.2) is 53.7 Å². The van der Waals surface area contributed by atoms with Crippen LogP contribution in [0.25, 0.3) is 0 Å². The Morgan fingerprint density at radius 1 is 1.14 bits per heavy atom. The Hall–Kier alpha value is -2.01. The first-order valence-corrected chi connectivity index (χ1v) is 7.12. The molecule has 1 aromatic heterocycles. The molecule has 0 unspecified atom stereocenters. The second-order valence-electron chi connectivity index (χ2n) is 5.50. The molecular weight excluding hydrogens is 282 g/mol. The number of thiol groups is 1. The standard InChI is InChI=1S/C16H19N3OS/c1-16(2,3)19-15(21)18-12-8-4-5-9-13(12)20-14-10-6-7-11-17-14/h4-11H,1-3H3,(H2,18,19,21). The third kappa shape index (κ3) is 5.11. The lowest BCUT2D eigenvalue weighted by Gasteiger charge is -2.16. The van der Waals surface area contributed by atoms with E-state index < -0.39 is 0 Å². The highest BCUT2D eigenvalue weighted by molar-refractivity contribution is 7.97. The minimum atomic E-state index is -0.194. The van der Waals surface area contributed by atoms with E-state index in [1.165, 1.54) is 0 Å². The minimum Gasteiger partial charge on any atom is -0.437 e. The minimum absolute atomic E-state index is 0.194. The molecule has 4 nitrogen and oxygen atoms in total. The summed E-state index contributed by atoms with van der Waals surface area (Å²) in [6, 6.07) is 13.1. The number of nitrogens with zero attached hydrogens (tertiary/aromatic N) is 2. The molecular formula is C16H19N3OS. The Bertz CT molecular complexity index is 621. The topological polar surface area (TPSA) is 46.5 Å². The van der Waals surface area contributed by atoms with Gasteiger partial charge >= 0.3 is 0 Å². The van der Waals surface area contributed by atoms with Crippen LogP contribution in [0.1, 0.15) is 20.8 Å². The van der Waals surface area contributed by atoms with Crippen molar-refractivity contribution in [1.82, 2.24) is 4.98 Å². The van der Waals surface area contributed by atoms with Crippen molar-refractivity contribution in [2.75, 3.05) is 5.32 Å². The zero-order chi connectivity index (χ0) is 15.3. The van der Waals surface area contributed by atoms with Gasteiger partial charge in [-0.1, -0.05) is 18.2 Å². The fraction of sp³-hybridized carbons (Fsp3) is 0.250. The summed E-state index contributed by atoms with van der Waals surface area (Å²) >= 11 is 4.38. The third-order valence-corrected chi connectivity index (χ3v) is 2.64. The molecule has 0 saturated carbocycles. The molecule has 0 fully saturated rings. The van der Waals surface area contributed by atoms with Crippen molar-refractivity contribution in [2.45, 2.75) is 26.3 Å². The summed E-state index contributed by atoms with van der Waals surface area (Å²) in [5.41, 5.74) is 0.599. The van der Waals surface area contributed by atoms with Gasteiger partial charge in [0.1, 0.15) is 0 Å². The van der Waals surface area contributed by atoms with Crippen LogP contribution in [0.3, 0.4) is 0 Å². The lowest BCUT2D eigenvalue weighted by atomic mass is 10.1. The van der Waals surface area contributed by atoms with Gasteiger partial charge < -0.3 is 10.1 Å². The van der Waals surface area contributed by atoms with Crippen molar-refractivity contribution in [3.05, 3.63) is 48.7 Å². The van der Waals surface area contributed by atoms with Crippen LogP contribution >= 0.6 is 12.6 Å². The molecule has 0 amide bonds. The number of benzene rings is 1. The number of nitrogens with one attached hydrogen (secondary N) is 1. The number of rotatable bonds is 3. The molecule has 2 aromatic rings. The number of ether oxygens (including phenoxy) is 1. The SMILES string of the molecule is CC(C)(C)/N=C(\S)Nc1ccccc1Oc1ccccn1. The molecule has 0 saturated heterocycles. The summed E-state index contributed by atoms with van der Waals surface area (Å²) in [6.07, 6.45) is 1.69. The third-order valence-electron chi connectivity index (χ3n) is 2.43. The van der Waals surface area contributed by atoms with Crippen molar-refractivity contribution in [2.24, 2.45) is 4.99 Å². The summed E-state index contributed by atoms with van der Waals surface area (Å²) < 4.78 is 5.78. The maximum atomic E-state index is 5.78. The maximum Gasteiger partial charge on any atom is 0.219 e. The monoisotopic (exact) mass is 301 g/mol. The van der Waals surface area contributed by atoms with Gasteiger partial charge in [0.15, 0.2) is 10.9 Å². The largest absolute Gasteiger partial charge is 0.437 e. The van der Waals surface area contributed by atoms with Crippen LogP contribution in [-0.4, -0.2) is 15.7 Å². The van der Waals surface area contributed by atoms with E-state index in [0.29, 0.717) is 16.8 Å². The van der Waals surface area contributed by atoms with Crippen LogP contribution in [0, 0.1) is 0 Å². The van der Waals surface area contributed by atoms with Crippen molar-refractivity contribution in [3.63, 3.8) is 0 Å². The zero-order valence-electron chi connectivity index (χ0n) is 12.4. The molecule has 1 heterocycles. The molecule has 5 heteroatoms. The maximum absolute atomic E-state index is 5.78. The van der Waals surface area contributed by atoms with E-state index in [1.54, 1.807) is 6.20 Å². The average Bonchev–Trinajstić information content (AvgIpc) is 2.40. The number of pyridine rings is 1. The normalized spacial score (nSPS) is 12.1. The van der Waals surface area contributed by atoms with Gasteiger partial charge in [0.05, 0.1) is 11.2 Å². The first-order valence-electron chi connectivity index (χ1n) is 6.68. The number of aliphatic imine (C=N–C) groups is 1. The molecule has 0 atom stereocenters. The Labute approximate surface area is 130 Å². The Morgan fingerprint density at radius 3 is 2.52 bits per heavy atom. The van der Waals surface area contributed by atoms with E-state index in [4.69, 9.17) is 4.74 Å². The Kier molecular flexibility index (Phi) is 4.85. The van der Waals surface area contributed by atoms with Gasteiger partial charge in [0.2, 0.25) is 5.88 Å². The van der Waals surface area contributed by atoms with Gasteiger partial charge in [0, 0.05) is 12.3 Å². The van der Waals surface area contributed by atoms with Gasteiger partial charge in [-0.25, -0.2) is 4.98 Å². The second kappa shape index (κ2) is 6.63. The lowest BCUT2D eigenvalue weighted by molar-refractivity contribution is 0.465. The van der Waals surface area contributed by atoms with Gasteiger partial charge in [-0.2, -0.15) is 0 Å². The molecule has 0 bridgehead atoms. The van der Waals surface area contributed by atoms with Crippen LogP contribution in [0.4, 0.5) is 5.69 Å². The molecule has 0 aliphatic heterocycles. The molecule has 110 valence electrons. The number of aromatic nitrogens is 1. The van der Waals surface area contributed by atoms with Crippen molar-refractivity contribution in [1.29, 1.82) is 0 Å². The van der Waals surface area contributed by atoms with Crippen LogP contribution < -0.4 is 10.1 Å². The van der Waals surface area contributed by atoms with Crippen molar-refractivity contribution < 1.29 is 4.74 Å². The summed E-state index contributed by atoms with van der Waals surface area (Å²) in [5.74, 6) is 1.21. The quantitative estimate of drug-likeness (QED) is 0.503. The molecule has 2 rings (SSSR count). The molecule has 0 aliphatic carbocycles. The van der Waals surface area contributed by atoms with E-state index in [0.717, 1.165) is 5.69 Å². The van der Waals surface area contributed by atoms with E-state index in [2.05, 4.69) is 27.9 Å². The van der Waals surface area contributed by atoms with Gasteiger partial charge in [-0.05, 0) is 39.0 Å². The lowest BCUT2D eigenvalue weighted by Crippen LogP contribution is -2.16. The predicted octanol–water partition coefficient (Wildman–Crippen LogP) is 4.37. The van der Waals surface area contributed by atoms with E-state index in [1.807, 2.05) is 63.2 Å². The van der Waals surface area contributed by atoms with Crippen molar-refractivity contribution >= 4 is 23.5 Å². The number of anilines is 1. The highest BCUT2D eigenvalue weighted by Gasteiger charge is 2.10. The predicted molar refractivity (Wildman–Crippen MR) is 90.5 cm³/mol. The van der Waals surface area contributed by atoms with E-state index in [-0.39, 0.29) is 5.54 Å². The highest BCUT2D eigenvalue weighted by atomic mass is 32.1. The van der Waals surface area contributed by atoms with Gasteiger partial charge in [-0.3, -0.25) is 4.99 Å².